The molecule has 9 heteroatoms. The number of amides is 2. The van der Waals surface area contributed by atoms with Gasteiger partial charge in [-0.3, -0.25) is 13.9 Å². The molecule has 0 aliphatic carbocycles. The summed E-state index contributed by atoms with van der Waals surface area (Å²) >= 11 is 6.14. The van der Waals surface area contributed by atoms with Crippen LogP contribution < -0.4 is 9.62 Å². The molecule has 2 amide bonds. The lowest BCUT2D eigenvalue weighted by Crippen LogP contribution is -2.53. The maximum atomic E-state index is 14.4. The number of halogens is 1. The van der Waals surface area contributed by atoms with Crippen molar-refractivity contribution in [1.82, 2.24) is 10.2 Å². The van der Waals surface area contributed by atoms with Crippen LogP contribution >= 0.6 is 11.6 Å². The van der Waals surface area contributed by atoms with Crippen molar-refractivity contribution in [3.8, 4) is 0 Å². The Morgan fingerprint density at radius 2 is 1.50 bits per heavy atom. The van der Waals surface area contributed by atoms with E-state index >= 15 is 0 Å². The minimum absolute atomic E-state index is 0.0724. The van der Waals surface area contributed by atoms with Crippen LogP contribution in [0.5, 0.6) is 0 Å². The van der Waals surface area contributed by atoms with Crippen molar-refractivity contribution in [3.63, 3.8) is 0 Å². The number of carbonyl (C=O) groups is 2. The first-order valence-corrected chi connectivity index (χ1v) is 16.4. The van der Waals surface area contributed by atoms with Crippen LogP contribution in [0.25, 0.3) is 0 Å². The standard InChI is InChI=1S/C35H38ClN3O4S/c1-4-21-37-35(41)33(23-28-10-6-5-7-11-28)38(24-29-15-17-30(36)18-16-29)34(40)25-39(31-12-8-9-27(3)22-31)44(42,43)32-19-13-26(2)14-20-32/h5-20,22,33H,4,21,23-25H2,1-3H3,(H,37,41)/t33-/m0/s1. The van der Waals surface area contributed by atoms with Gasteiger partial charge in [-0.2, -0.15) is 0 Å². The fraction of sp³-hybridized carbons (Fsp3) is 0.257. The predicted octanol–water partition coefficient (Wildman–Crippen LogP) is 6.32. The van der Waals surface area contributed by atoms with Crippen LogP contribution in [0.2, 0.25) is 5.02 Å². The third kappa shape index (κ3) is 8.49. The molecule has 0 saturated heterocycles. The lowest BCUT2D eigenvalue weighted by molar-refractivity contribution is -0.140. The van der Waals surface area contributed by atoms with Crippen LogP contribution in [-0.4, -0.2) is 44.3 Å². The summed E-state index contributed by atoms with van der Waals surface area (Å²) in [4.78, 5) is 29.7. The fourth-order valence-corrected chi connectivity index (χ4v) is 6.39. The number of aryl methyl sites for hydroxylation is 2. The lowest BCUT2D eigenvalue weighted by atomic mass is 10.0. The summed E-state index contributed by atoms with van der Waals surface area (Å²) in [5, 5.41) is 3.50. The number of hydrogen-bond acceptors (Lipinski definition) is 4. The van der Waals surface area contributed by atoms with Gasteiger partial charge >= 0.3 is 0 Å². The van der Waals surface area contributed by atoms with E-state index in [0.717, 1.165) is 33.0 Å². The zero-order chi connectivity index (χ0) is 31.7. The summed E-state index contributed by atoms with van der Waals surface area (Å²) < 4.78 is 29.3. The molecule has 1 N–H and O–H groups in total. The second-order valence-electron chi connectivity index (χ2n) is 10.8. The summed E-state index contributed by atoms with van der Waals surface area (Å²) in [6.07, 6.45) is 0.982. The van der Waals surface area contributed by atoms with Gasteiger partial charge in [0.05, 0.1) is 10.6 Å². The number of sulfonamides is 1. The van der Waals surface area contributed by atoms with Crippen LogP contribution in [0.15, 0.2) is 108 Å². The van der Waals surface area contributed by atoms with Crippen molar-refractivity contribution >= 4 is 39.1 Å². The average molecular weight is 632 g/mol. The molecule has 1 atom stereocenters. The molecule has 0 heterocycles. The number of hydrogen-bond donors (Lipinski definition) is 1. The molecule has 4 aromatic rings. The highest BCUT2D eigenvalue weighted by molar-refractivity contribution is 7.92. The number of benzene rings is 4. The molecule has 0 unspecified atom stereocenters. The molecule has 0 aliphatic rings. The Kier molecular flexibility index (Phi) is 11.2. The molecule has 0 saturated carbocycles. The lowest BCUT2D eigenvalue weighted by Gasteiger charge is -2.34. The van der Waals surface area contributed by atoms with Crippen LogP contribution in [0.3, 0.4) is 0 Å². The third-order valence-electron chi connectivity index (χ3n) is 7.26. The van der Waals surface area contributed by atoms with E-state index in [1.54, 1.807) is 66.7 Å². The van der Waals surface area contributed by atoms with Crippen molar-refractivity contribution in [2.45, 2.75) is 51.1 Å². The Hall–Kier alpha value is -4.14. The van der Waals surface area contributed by atoms with Gasteiger partial charge in [0, 0.05) is 24.5 Å². The quantitative estimate of drug-likeness (QED) is 0.187. The summed E-state index contributed by atoms with van der Waals surface area (Å²) in [5.74, 6) is -0.814. The van der Waals surface area contributed by atoms with Gasteiger partial charge in [0.25, 0.3) is 10.0 Å². The Balaban J connectivity index is 1.79. The fourth-order valence-electron chi connectivity index (χ4n) is 4.86. The van der Waals surface area contributed by atoms with Crippen molar-refractivity contribution < 1.29 is 18.0 Å². The van der Waals surface area contributed by atoms with Crippen LogP contribution in [0.1, 0.15) is 35.6 Å². The van der Waals surface area contributed by atoms with E-state index in [2.05, 4.69) is 5.32 Å². The largest absolute Gasteiger partial charge is 0.354 e. The van der Waals surface area contributed by atoms with Gasteiger partial charge in [-0.15, -0.1) is 0 Å². The second-order valence-corrected chi connectivity index (χ2v) is 13.1. The molecular weight excluding hydrogens is 594 g/mol. The number of carbonyl (C=O) groups excluding carboxylic acids is 2. The predicted molar refractivity (Wildman–Crippen MR) is 176 cm³/mol. The molecule has 7 nitrogen and oxygen atoms in total. The minimum Gasteiger partial charge on any atom is -0.354 e. The number of rotatable bonds is 13. The highest BCUT2D eigenvalue weighted by atomic mass is 35.5. The highest BCUT2D eigenvalue weighted by Gasteiger charge is 2.34. The third-order valence-corrected chi connectivity index (χ3v) is 9.30. The van der Waals surface area contributed by atoms with Gasteiger partial charge in [-0.1, -0.05) is 90.8 Å². The van der Waals surface area contributed by atoms with Crippen molar-refractivity contribution in [1.29, 1.82) is 0 Å². The van der Waals surface area contributed by atoms with Gasteiger partial charge in [-0.05, 0) is 73.4 Å². The van der Waals surface area contributed by atoms with E-state index in [9.17, 15) is 18.0 Å². The summed E-state index contributed by atoms with van der Waals surface area (Å²) in [7, 11) is -4.15. The summed E-state index contributed by atoms with van der Waals surface area (Å²) in [6.45, 7) is 5.73. The maximum absolute atomic E-state index is 14.4. The Labute approximate surface area is 265 Å². The van der Waals surface area contributed by atoms with Crippen molar-refractivity contribution in [2.75, 3.05) is 17.4 Å². The Bertz CT molecular complexity index is 1660. The second kappa shape index (κ2) is 15.0. The van der Waals surface area contributed by atoms with E-state index in [-0.39, 0.29) is 23.8 Å². The zero-order valence-corrected chi connectivity index (χ0v) is 26.8. The molecule has 230 valence electrons. The minimum atomic E-state index is -4.15. The van der Waals surface area contributed by atoms with Crippen LogP contribution in [0.4, 0.5) is 5.69 Å². The van der Waals surface area contributed by atoms with E-state index in [4.69, 9.17) is 11.6 Å². The SMILES string of the molecule is CCCNC(=O)[C@H](Cc1ccccc1)N(Cc1ccc(Cl)cc1)C(=O)CN(c1cccc(C)c1)S(=O)(=O)c1ccc(C)cc1. The highest BCUT2D eigenvalue weighted by Crippen LogP contribution is 2.26. The smallest absolute Gasteiger partial charge is 0.264 e. The van der Waals surface area contributed by atoms with Gasteiger partial charge in [0.2, 0.25) is 11.8 Å². The normalized spacial score (nSPS) is 11.9. The van der Waals surface area contributed by atoms with Crippen molar-refractivity contribution in [2.24, 2.45) is 0 Å². The average Bonchev–Trinajstić information content (AvgIpc) is 3.01. The molecule has 0 bridgehead atoms. The molecular formula is C35H38ClN3O4S. The molecule has 4 aromatic carbocycles. The van der Waals surface area contributed by atoms with Gasteiger partial charge in [0.1, 0.15) is 12.6 Å². The number of nitrogens with one attached hydrogen (secondary N) is 1. The van der Waals surface area contributed by atoms with Gasteiger partial charge in [0.15, 0.2) is 0 Å². The van der Waals surface area contributed by atoms with Gasteiger partial charge in [-0.25, -0.2) is 8.42 Å². The molecule has 0 fully saturated rings. The van der Waals surface area contributed by atoms with Crippen LogP contribution in [-0.2, 0) is 32.6 Å². The van der Waals surface area contributed by atoms with Crippen LogP contribution in [0, 0.1) is 13.8 Å². The molecule has 0 aliphatic heterocycles. The van der Waals surface area contributed by atoms with E-state index in [1.807, 2.05) is 57.2 Å². The summed E-state index contributed by atoms with van der Waals surface area (Å²) in [6, 6.07) is 29.2. The van der Waals surface area contributed by atoms with E-state index in [0.29, 0.717) is 17.3 Å². The Morgan fingerprint density at radius 1 is 0.818 bits per heavy atom. The maximum Gasteiger partial charge on any atom is 0.264 e. The topological polar surface area (TPSA) is 86.8 Å². The first kappa shape index (κ1) is 32.8. The first-order valence-electron chi connectivity index (χ1n) is 14.6. The Morgan fingerprint density at radius 3 is 2.14 bits per heavy atom. The molecule has 0 aromatic heterocycles. The van der Waals surface area contributed by atoms with E-state index < -0.39 is 28.5 Å². The molecule has 0 spiro atoms. The summed E-state index contributed by atoms with van der Waals surface area (Å²) in [5.41, 5.74) is 3.75. The van der Waals surface area contributed by atoms with Crippen molar-refractivity contribution in [3.05, 3.63) is 130 Å². The first-order chi connectivity index (χ1) is 21.1. The zero-order valence-electron chi connectivity index (χ0n) is 25.2. The number of anilines is 1. The molecule has 0 radical (unpaired) electrons. The van der Waals surface area contributed by atoms with E-state index in [1.165, 1.54) is 4.90 Å². The van der Waals surface area contributed by atoms with Gasteiger partial charge < -0.3 is 10.2 Å². The molecule has 4 rings (SSSR count). The number of nitrogens with zero attached hydrogens (tertiary/aromatic N) is 2. The molecule has 44 heavy (non-hydrogen) atoms. The monoisotopic (exact) mass is 631 g/mol.